The van der Waals surface area contributed by atoms with Gasteiger partial charge in [0, 0.05) is 19.0 Å². The van der Waals surface area contributed by atoms with E-state index < -0.39 is 6.10 Å². The Morgan fingerprint density at radius 1 is 1.39 bits per heavy atom. The van der Waals surface area contributed by atoms with Crippen molar-refractivity contribution >= 4 is 11.8 Å². The second-order valence-corrected chi connectivity index (χ2v) is 5.27. The molecule has 2 fully saturated rings. The van der Waals surface area contributed by atoms with Gasteiger partial charge in [-0.05, 0) is 32.1 Å². The first-order chi connectivity index (χ1) is 8.63. The van der Waals surface area contributed by atoms with E-state index in [2.05, 4.69) is 5.32 Å². The number of hydrogen-bond donors (Lipinski definition) is 2. The maximum Gasteiger partial charge on any atom is 0.242 e. The van der Waals surface area contributed by atoms with Gasteiger partial charge >= 0.3 is 0 Å². The minimum absolute atomic E-state index is 0.117. The molecule has 0 aromatic rings. The Hall–Kier alpha value is -1.10. The van der Waals surface area contributed by atoms with E-state index >= 15 is 0 Å². The summed E-state index contributed by atoms with van der Waals surface area (Å²) in [5.41, 5.74) is 0. The smallest absolute Gasteiger partial charge is 0.242 e. The topological polar surface area (TPSA) is 69.6 Å². The van der Waals surface area contributed by atoms with Gasteiger partial charge in [-0.15, -0.1) is 0 Å². The molecule has 1 saturated heterocycles. The van der Waals surface area contributed by atoms with Crippen molar-refractivity contribution in [3.63, 3.8) is 0 Å². The highest BCUT2D eigenvalue weighted by Gasteiger charge is 2.40. The molecule has 18 heavy (non-hydrogen) atoms. The molecule has 2 rings (SSSR count). The minimum atomic E-state index is -0.497. The Morgan fingerprint density at radius 3 is 2.72 bits per heavy atom. The van der Waals surface area contributed by atoms with Crippen molar-refractivity contribution in [1.82, 2.24) is 10.2 Å². The molecule has 1 aliphatic heterocycles. The van der Waals surface area contributed by atoms with Crippen LogP contribution in [0.3, 0.4) is 0 Å². The van der Waals surface area contributed by atoms with E-state index in [1.807, 2.05) is 6.92 Å². The zero-order valence-electron chi connectivity index (χ0n) is 10.9. The highest BCUT2D eigenvalue weighted by molar-refractivity contribution is 5.89. The van der Waals surface area contributed by atoms with Crippen LogP contribution in [0.4, 0.5) is 0 Å². The van der Waals surface area contributed by atoms with Crippen molar-refractivity contribution in [2.75, 3.05) is 13.1 Å². The van der Waals surface area contributed by atoms with Gasteiger partial charge in [-0.1, -0.05) is 6.92 Å². The van der Waals surface area contributed by atoms with Gasteiger partial charge < -0.3 is 15.3 Å². The number of aliphatic hydroxyl groups excluding tert-OH is 1. The summed E-state index contributed by atoms with van der Waals surface area (Å²) in [5, 5.41) is 12.2. The van der Waals surface area contributed by atoms with Crippen molar-refractivity contribution in [3.05, 3.63) is 0 Å². The molecule has 0 bridgehead atoms. The van der Waals surface area contributed by atoms with Crippen molar-refractivity contribution in [2.24, 2.45) is 5.92 Å². The molecule has 1 heterocycles. The molecular weight excluding hydrogens is 232 g/mol. The van der Waals surface area contributed by atoms with Gasteiger partial charge in [-0.3, -0.25) is 9.59 Å². The van der Waals surface area contributed by atoms with E-state index in [4.69, 9.17) is 0 Å². The summed E-state index contributed by atoms with van der Waals surface area (Å²) in [5.74, 6) is 0.192. The molecule has 2 atom stereocenters. The Morgan fingerprint density at radius 2 is 2.11 bits per heavy atom. The predicted molar refractivity (Wildman–Crippen MR) is 66.8 cm³/mol. The molecule has 0 radical (unpaired) electrons. The molecule has 0 aromatic carbocycles. The second kappa shape index (κ2) is 5.69. The van der Waals surface area contributed by atoms with Crippen LogP contribution in [0, 0.1) is 5.92 Å². The fraction of sp³-hybridized carbons (Fsp3) is 0.846. The van der Waals surface area contributed by atoms with Gasteiger partial charge in [0.2, 0.25) is 11.8 Å². The number of aliphatic hydroxyl groups is 1. The van der Waals surface area contributed by atoms with E-state index in [1.54, 1.807) is 4.90 Å². The fourth-order valence-corrected chi connectivity index (χ4v) is 2.35. The van der Waals surface area contributed by atoms with Crippen molar-refractivity contribution in [2.45, 2.75) is 51.2 Å². The number of rotatable bonds is 5. The Bertz CT molecular complexity index is 328. The van der Waals surface area contributed by atoms with Crippen LogP contribution in [0.2, 0.25) is 0 Å². The van der Waals surface area contributed by atoms with Crippen molar-refractivity contribution in [1.29, 1.82) is 0 Å². The minimum Gasteiger partial charge on any atom is -0.391 e. The summed E-state index contributed by atoms with van der Waals surface area (Å²) < 4.78 is 0. The quantitative estimate of drug-likeness (QED) is 0.740. The van der Waals surface area contributed by atoms with Gasteiger partial charge in [0.25, 0.3) is 0 Å². The number of amides is 2. The van der Waals surface area contributed by atoms with Crippen LogP contribution in [0.5, 0.6) is 0 Å². The summed E-state index contributed by atoms with van der Waals surface area (Å²) in [7, 11) is 0. The third-order valence-electron chi connectivity index (χ3n) is 3.75. The largest absolute Gasteiger partial charge is 0.391 e. The molecule has 2 amide bonds. The van der Waals surface area contributed by atoms with E-state index in [1.165, 1.54) is 0 Å². The lowest BCUT2D eigenvalue weighted by Gasteiger charge is -2.24. The lowest BCUT2D eigenvalue weighted by atomic mass is 10.2. The van der Waals surface area contributed by atoms with E-state index in [0.29, 0.717) is 13.0 Å². The third kappa shape index (κ3) is 3.02. The van der Waals surface area contributed by atoms with Crippen LogP contribution in [-0.2, 0) is 9.59 Å². The van der Waals surface area contributed by atoms with Gasteiger partial charge in [-0.2, -0.15) is 0 Å². The van der Waals surface area contributed by atoms with Gasteiger partial charge in [-0.25, -0.2) is 0 Å². The molecule has 2 N–H and O–H groups in total. The SMILES string of the molecule is CCC(O)CNC(=O)C1CCCN1C(=O)C1CC1. The number of nitrogens with one attached hydrogen (secondary N) is 1. The third-order valence-corrected chi connectivity index (χ3v) is 3.75. The van der Waals surface area contributed by atoms with Crippen LogP contribution in [0.25, 0.3) is 0 Å². The highest BCUT2D eigenvalue weighted by atomic mass is 16.3. The van der Waals surface area contributed by atoms with Crippen LogP contribution < -0.4 is 5.32 Å². The van der Waals surface area contributed by atoms with Crippen LogP contribution in [-0.4, -0.2) is 47.1 Å². The maximum absolute atomic E-state index is 12.0. The summed E-state index contributed by atoms with van der Waals surface area (Å²) in [4.78, 5) is 25.7. The van der Waals surface area contributed by atoms with Crippen LogP contribution in [0.1, 0.15) is 39.0 Å². The van der Waals surface area contributed by atoms with Gasteiger partial charge in [0.1, 0.15) is 6.04 Å². The normalized spacial score (nSPS) is 25.0. The number of carbonyl (C=O) groups is 2. The predicted octanol–water partition coefficient (Wildman–Crippen LogP) is 0.274. The molecule has 102 valence electrons. The van der Waals surface area contributed by atoms with Crippen molar-refractivity contribution < 1.29 is 14.7 Å². The fourth-order valence-electron chi connectivity index (χ4n) is 2.35. The zero-order chi connectivity index (χ0) is 13.1. The lowest BCUT2D eigenvalue weighted by Crippen LogP contribution is -2.47. The first kappa shape index (κ1) is 13.3. The molecule has 1 saturated carbocycles. The lowest BCUT2D eigenvalue weighted by molar-refractivity contribution is -0.139. The van der Waals surface area contributed by atoms with Crippen LogP contribution in [0.15, 0.2) is 0 Å². The molecule has 2 aliphatic rings. The van der Waals surface area contributed by atoms with Gasteiger partial charge in [0.15, 0.2) is 0 Å². The average molecular weight is 254 g/mol. The van der Waals surface area contributed by atoms with E-state index in [-0.39, 0.29) is 30.3 Å². The summed E-state index contributed by atoms with van der Waals surface area (Å²) >= 11 is 0. The summed E-state index contributed by atoms with van der Waals surface area (Å²) in [6, 6.07) is -0.317. The number of likely N-dealkylation sites (tertiary alicyclic amines) is 1. The highest BCUT2D eigenvalue weighted by Crippen LogP contribution is 2.33. The maximum atomic E-state index is 12.0. The Balaban J connectivity index is 1.86. The number of carbonyl (C=O) groups excluding carboxylic acids is 2. The Labute approximate surface area is 108 Å². The first-order valence-electron chi connectivity index (χ1n) is 6.89. The molecule has 0 spiro atoms. The van der Waals surface area contributed by atoms with E-state index in [9.17, 15) is 14.7 Å². The van der Waals surface area contributed by atoms with Gasteiger partial charge in [0.05, 0.1) is 6.10 Å². The molecule has 2 unspecified atom stereocenters. The monoisotopic (exact) mass is 254 g/mol. The molecular formula is C13H22N2O3. The Kier molecular flexibility index (Phi) is 4.22. The number of nitrogens with zero attached hydrogens (tertiary/aromatic N) is 1. The van der Waals surface area contributed by atoms with Crippen molar-refractivity contribution in [3.8, 4) is 0 Å². The van der Waals surface area contributed by atoms with E-state index in [0.717, 1.165) is 25.7 Å². The molecule has 1 aliphatic carbocycles. The second-order valence-electron chi connectivity index (χ2n) is 5.27. The average Bonchev–Trinajstić information content (AvgIpc) is 3.11. The van der Waals surface area contributed by atoms with Crippen LogP contribution >= 0.6 is 0 Å². The summed E-state index contributed by atoms with van der Waals surface area (Å²) in [6.45, 7) is 2.84. The standard InChI is InChI=1S/C13H22N2O3/c1-2-10(16)8-14-12(17)11-4-3-7-15(11)13(18)9-5-6-9/h9-11,16H,2-8H2,1H3,(H,14,17). The zero-order valence-corrected chi connectivity index (χ0v) is 10.9. The summed E-state index contributed by atoms with van der Waals surface area (Å²) in [6.07, 6.45) is 3.70. The molecule has 0 aromatic heterocycles. The molecule has 5 heteroatoms. The first-order valence-corrected chi connectivity index (χ1v) is 6.89. The number of hydrogen-bond acceptors (Lipinski definition) is 3. The molecule has 5 nitrogen and oxygen atoms in total.